The zero-order valence-electron chi connectivity index (χ0n) is 28.2. The molecule has 0 aliphatic carbocycles. The topological polar surface area (TPSA) is 70.3 Å². The van der Waals surface area contributed by atoms with Crippen LogP contribution >= 0.6 is 0 Å². The van der Waals surface area contributed by atoms with Crippen LogP contribution in [0.2, 0.25) is 19.6 Å². The summed E-state index contributed by atoms with van der Waals surface area (Å²) in [7, 11) is 0.527. The molecule has 1 aliphatic heterocycles. The maximum absolute atomic E-state index is 11.6. The van der Waals surface area contributed by atoms with E-state index in [4.69, 9.17) is 23.2 Å². The summed E-state index contributed by atoms with van der Waals surface area (Å²) in [5, 5.41) is 12.3. The fraction of sp³-hybridized carbons (Fsp3) is 0.250. The van der Waals surface area contributed by atoms with Gasteiger partial charge in [0.2, 0.25) is 0 Å². The van der Waals surface area contributed by atoms with Gasteiger partial charge in [-0.3, -0.25) is 0 Å². The smallest absolute Gasteiger partial charge is 0.467 e. The van der Waals surface area contributed by atoms with E-state index in [0.717, 1.165) is 27.5 Å². The van der Waals surface area contributed by atoms with Crippen LogP contribution in [-0.4, -0.2) is 46.7 Å². The van der Waals surface area contributed by atoms with E-state index in [-0.39, 0.29) is 0 Å². The predicted octanol–water partition coefficient (Wildman–Crippen LogP) is 7.41. The zero-order valence-corrected chi connectivity index (χ0v) is 29.2. The third-order valence-electron chi connectivity index (χ3n) is 9.59. The van der Waals surface area contributed by atoms with E-state index < -0.39 is 44.7 Å². The Morgan fingerprint density at radius 1 is 0.667 bits per heavy atom. The molecular weight excluding hydrogens is 615 g/mol. The third-order valence-corrected chi connectivity index (χ3v) is 11.8. The number of ether oxygens (including phenoxy) is 2. The summed E-state index contributed by atoms with van der Waals surface area (Å²) in [6.45, 7) is 10.7. The Morgan fingerprint density at radius 3 is 1.33 bits per heavy atom. The predicted molar refractivity (Wildman–Crippen MR) is 193 cm³/mol. The summed E-state index contributed by atoms with van der Waals surface area (Å²) in [4.78, 5) is 0. The first-order valence-electron chi connectivity index (χ1n) is 16.3. The van der Waals surface area contributed by atoms with Gasteiger partial charge >= 0.3 is 7.12 Å². The number of aliphatic hydroxyl groups excluding tert-OH is 1. The molecule has 3 atom stereocenters. The van der Waals surface area contributed by atoms with Crippen molar-refractivity contribution in [3.8, 4) is 0 Å². The van der Waals surface area contributed by atoms with Gasteiger partial charge in [-0.2, -0.15) is 0 Å². The third kappa shape index (κ3) is 5.83. The van der Waals surface area contributed by atoms with E-state index in [1.807, 2.05) is 72.8 Å². The molecule has 1 saturated heterocycles. The van der Waals surface area contributed by atoms with Crippen molar-refractivity contribution in [3.05, 3.63) is 173 Å². The van der Waals surface area contributed by atoms with E-state index in [9.17, 15) is 5.11 Å². The van der Waals surface area contributed by atoms with Crippen molar-refractivity contribution in [1.29, 1.82) is 0 Å². The normalized spacial score (nSPS) is 17.8. The number of methoxy groups -OCH3 is 2. The quantitative estimate of drug-likeness (QED) is 0.141. The molecule has 48 heavy (non-hydrogen) atoms. The van der Waals surface area contributed by atoms with Gasteiger partial charge in [-0.1, -0.05) is 146 Å². The Balaban J connectivity index is 1.62. The Kier molecular flexibility index (Phi) is 9.77. The van der Waals surface area contributed by atoms with Crippen LogP contribution < -0.4 is 5.46 Å². The molecule has 0 radical (unpaired) electrons. The lowest BCUT2D eigenvalue weighted by molar-refractivity contribution is -0.136. The van der Waals surface area contributed by atoms with E-state index in [2.05, 4.69) is 74.8 Å². The van der Waals surface area contributed by atoms with Crippen molar-refractivity contribution in [1.82, 2.24) is 0 Å². The molecule has 1 N–H and O–H groups in total. The summed E-state index contributed by atoms with van der Waals surface area (Å²) in [6, 6.07) is 42.1. The van der Waals surface area contributed by atoms with Gasteiger partial charge in [-0.25, -0.2) is 0 Å². The van der Waals surface area contributed by atoms with Crippen LogP contribution in [0.1, 0.15) is 34.1 Å². The van der Waals surface area contributed by atoms with Crippen molar-refractivity contribution in [2.24, 2.45) is 0 Å². The lowest BCUT2D eigenvalue weighted by atomic mass is 9.71. The van der Waals surface area contributed by atoms with Gasteiger partial charge in [0.1, 0.15) is 35.3 Å². The second-order valence-electron chi connectivity index (χ2n) is 13.2. The molecule has 246 valence electrons. The van der Waals surface area contributed by atoms with Gasteiger partial charge in [0.05, 0.1) is 14.3 Å². The van der Waals surface area contributed by atoms with E-state index in [0.29, 0.717) is 11.2 Å². The number of furan rings is 1. The maximum atomic E-state index is 11.6. The van der Waals surface area contributed by atoms with Crippen LogP contribution in [0.3, 0.4) is 0 Å². The van der Waals surface area contributed by atoms with Gasteiger partial charge in [-0.15, -0.1) is 6.58 Å². The van der Waals surface area contributed by atoms with Gasteiger partial charge in [0, 0.05) is 19.7 Å². The van der Waals surface area contributed by atoms with Crippen LogP contribution in [0, 0.1) is 0 Å². The molecule has 5 aromatic rings. The number of hydrogen-bond acceptors (Lipinski definition) is 6. The van der Waals surface area contributed by atoms with Crippen LogP contribution in [0.25, 0.3) is 0 Å². The molecule has 8 heteroatoms. The van der Waals surface area contributed by atoms with Crippen molar-refractivity contribution in [2.45, 2.75) is 49.2 Å². The van der Waals surface area contributed by atoms with E-state index >= 15 is 0 Å². The second kappa shape index (κ2) is 13.8. The Bertz CT molecular complexity index is 1610. The first-order valence-corrected chi connectivity index (χ1v) is 19.8. The van der Waals surface area contributed by atoms with Crippen LogP contribution in [0.5, 0.6) is 0 Å². The molecule has 6 rings (SSSR count). The van der Waals surface area contributed by atoms with E-state index in [1.165, 1.54) is 0 Å². The molecule has 0 amide bonds. The van der Waals surface area contributed by atoms with Gasteiger partial charge in [0.15, 0.2) is 0 Å². The highest BCUT2D eigenvalue weighted by molar-refractivity contribution is 6.83. The lowest BCUT2D eigenvalue weighted by Gasteiger charge is -2.46. The van der Waals surface area contributed by atoms with Gasteiger partial charge in [0.25, 0.3) is 0 Å². The molecule has 6 nitrogen and oxygen atoms in total. The highest BCUT2D eigenvalue weighted by Crippen LogP contribution is 2.50. The Labute approximate surface area is 285 Å². The fourth-order valence-corrected chi connectivity index (χ4v) is 7.91. The van der Waals surface area contributed by atoms with Crippen molar-refractivity contribution in [3.63, 3.8) is 0 Å². The summed E-state index contributed by atoms with van der Waals surface area (Å²) in [6.07, 6.45) is -1.01. The Morgan fingerprint density at radius 2 is 1.02 bits per heavy atom. The standard InChI is InChI=1S/C40H43BO6Si/c1-29(48(4,5)6)35(42)36-34(27-28-45-36)41-46-37(39(43-2,30-19-11-7-12-20-30)31-21-13-8-14-22-31)38(47-41)40(44-3,32-23-15-9-16-24-32)33-25-17-10-18-26-33/h7-28,35,37-38,42H,1H2,2-6H3/t35-,37+,38+/m0/s1. The van der Waals surface area contributed by atoms with Gasteiger partial charge in [-0.05, 0) is 28.3 Å². The first-order chi connectivity index (χ1) is 23.2. The molecule has 0 bridgehead atoms. The molecule has 0 spiro atoms. The summed E-state index contributed by atoms with van der Waals surface area (Å²) in [5.41, 5.74) is 1.85. The molecule has 1 aromatic heterocycles. The average Bonchev–Trinajstić information content (AvgIpc) is 3.79. The van der Waals surface area contributed by atoms with Crippen LogP contribution in [0.4, 0.5) is 0 Å². The van der Waals surface area contributed by atoms with Crippen LogP contribution in [-0.2, 0) is 30.0 Å². The SMILES string of the molecule is C=C([C@H](O)c1occc1B1O[C@@H](C(OC)(c2ccccc2)c2ccccc2)[C@H](C(OC)(c2ccccc2)c2ccccc2)O1)[Si](C)(C)C. The number of aliphatic hydroxyl groups is 1. The maximum Gasteiger partial charge on any atom is 0.498 e. The summed E-state index contributed by atoms with van der Waals surface area (Å²) in [5.74, 6) is 0.358. The molecule has 1 aliphatic rings. The second-order valence-corrected chi connectivity index (χ2v) is 18.3. The molecule has 1 fully saturated rings. The molecule has 0 saturated carbocycles. The van der Waals surface area contributed by atoms with E-state index in [1.54, 1.807) is 26.5 Å². The minimum Gasteiger partial charge on any atom is -0.467 e. The minimum absolute atomic E-state index is 0.358. The first kappa shape index (κ1) is 33.9. The van der Waals surface area contributed by atoms with Gasteiger partial charge < -0.3 is 28.3 Å². The van der Waals surface area contributed by atoms with Crippen molar-refractivity contribution in [2.75, 3.05) is 14.2 Å². The monoisotopic (exact) mass is 658 g/mol. The Hall–Kier alpha value is -4.02. The highest BCUT2D eigenvalue weighted by Gasteiger charge is 2.62. The van der Waals surface area contributed by atoms with Crippen molar-refractivity contribution < 1.29 is 28.3 Å². The summed E-state index contributed by atoms with van der Waals surface area (Å²) >= 11 is 0. The van der Waals surface area contributed by atoms with Crippen molar-refractivity contribution >= 4 is 20.7 Å². The molecule has 0 unspecified atom stereocenters. The average molecular weight is 659 g/mol. The largest absolute Gasteiger partial charge is 0.498 e. The number of hydrogen-bond donors (Lipinski definition) is 1. The molecular formula is C40H43BO6Si. The highest BCUT2D eigenvalue weighted by atomic mass is 28.3. The number of benzene rings is 4. The van der Waals surface area contributed by atoms with Crippen LogP contribution in [0.15, 0.2) is 150 Å². The minimum atomic E-state index is -1.94. The zero-order chi connectivity index (χ0) is 33.9. The molecule has 4 aromatic carbocycles. The number of rotatable bonds is 12. The molecule has 2 heterocycles. The fourth-order valence-electron chi connectivity index (χ4n) is 6.96. The lowest BCUT2D eigenvalue weighted by Crippen LogP contribution is -2.56. The summed E-state index contributed by atoms with van der Waals surface area (Å²) < 4.78 is 33.8.